The van der Waals surface area contributed by atoms with E-state index in [0.29, 0.717) is 24.5 Å². The molecule has 2 saturated carbocycles. The summed E-state index contributed by atoms with van der Waals surface area (Å²) in [4.78, 5) is 12.2. The second-order valence-corrected chi connectivity index (χ2v) is 8.86. The van der Waals surface area contributed by atoms with Gasteiger partial charge in [0.25, 0.3) is 0 Å². The summed E-state index contributed by atoms with van der Waals surface area (Å²) < 4.78 is 33.8. The highest BCUT2D eigenvalue weighted by atomic mass is 19.1. The minimum absolute atomic E-state index is 0.0184. The zero-order valence-electron chi connectivity index (χ0n) is 15.6. The molecule has 0 unspecified atom stereocenters. The van der Waals surface area contributed by atoms with E-state index in [9.17, 15) is 13.6 Å². The number of carbonyl (C=O) groups is 1. The summed E-state index contributed by atoms with van der Waals surface area (Å²) in [6, 6.07) is 3.83. The fraction of sp³-hybridized carbons (Fsp3) is 0.667. The number of hydrogen-bond acceptors (Lipinski definition) is 2. The van der Waals surface area contributed by atoms with Crippen LogP contribution in [0.4, 0.5) is 8.78 Å². The van der Waals surface area contributed by atoms with Crippen molar-refractivity contribution in [3.05, 3.63) is 35.4 Å². The van der Waals surface area contributed by atoms with Crippen molar-refractivity contribution in [1.82, 2.24) is 5.32 Å². The number of halogens is 2. The summed E-state index contributed by atoms with van der Waals surface area (Å²) in [5.74, 6) is -0.416. The molecule has 1 spiro atoms. The molecule has 142 valence electrons. The van der Waals surface area contributed by atoms with Crippen LogP contribution in [0.1, 0.15) is 58.1 Å². The molecular weight excluding hydrogens is 336 g/mol. The van der Waals surface area contributed by atoms with Crippen molar-refractivity contribution in [3.63, 3.8) is 0 Å². The first kappa shape index (κ1) is 17.9. The molecule has 2 aliphatic carbocycles. The van der Waals surface area contributed by atoms with E-state index in [1.54, 1.807) is 0 Å². The fourth-order valence-electron chi connectivity index (χ4n) is 6.09. The molecule has 3 aliphatic rings. The highest BCUT2D eigenvalue weighted by Crippen LogP contribution is 2.70. The molecule has 3 nitrogen and oxygen atoms in total. The Labute approximate surface area is 153 Å². The van der Waals surface area contributed by atoms with E-state index in [0.717, 1.165) is 25.3 Å². The van der Waals surface area contributed by atoms with Crippen LogP contribution in [0.15, 0.2) is 18.2 Å². The number of nitrogens with one attached hydrogen (secondary N) is 1. The molecule has 2 bridgehead atoms. The minimum Gasteiger partial charge on any atom is -0.373 e. The van der Waals surface area contributed by atoms with Gasteiger partial charge in [-0.05, 0) is 48.0 Å². The first-order chi connectivity index (χ1) is 12.3. The number of benzene rings is 1. The Hall–Kier alpha value is -1.49. The third kappa shape index (κ3) is 2.43. The maximum absolute atomic E-state index is 14.5. The van der Waals surface area contributed by atoms with E-state index in [1.165, 1.54) is 12.1 Å². The lowest BCUT2D eigenvalue weighted by molar-refractivity contribution is -0.137. The zero-order chi connectivity index (χ0) is 18.7. The number of carbonyl (C=O) groups excluding carboxylic acids is 1. The van der Waals surface area contributed by atoms with Crippen LogP contribution in [-0.2, 0) is 9.53 Å². The first-order valence-electron chi connectivity index (χ1n) is 9.65. The van der Waals surface area contributed by atoms with Crippen LogP contribution < -0.4 is 5.32 Å². The van der Waals surface area contributed by atoms with E-state index in [1.807, 2.05) is 6.92 Å². The number of fused-ring (bicyclic) bond motifs is 1. The van der Waals surface area contributed by atoms with E-state index in [4.69, 9.17) is 4.74 Å². The molecule has 0 radical (unpaired) electrons. The second kappa shape index (κ2) is 6.01. The Balaban J connectivity index is 1.71. The lowest BCUT2D eigenvalue weighted by Gasteiger charge is -2.53. The van der Waals surface area contributed by atoms with Gasteiger partial charge in [0.15, 0.2) is 0 Å². The number of ether oxygens (including phenoxy) is 1. The van der Waals surface area contributed by atoms with Crippen LogP contribution in [-0.4, -0.2) is 18.6 Å². The number of amides is 1. The monoisotopic (exact) mass is 363 g/mol. The van der Waals surface area contributed by atoms with Gasteiger partial charge in [-0.3, -0.25) is 4.79 Å². The average molecular weight is 363 g/mol. The molecule has 5 heteroatoms. The van der Waals surface area contributed by atoms with Crippen LogP contribution in [0.2, 0.25) is 0 Å². The first-order valence-corrected chi connectivity index (χ1v) is 9.65. The number of hydrogen-bond donors (Lipinski definition) is 1. The SMILES string of the molecule is CCC(=O)N[C@H]1C(C)(C)[C@@H]2C[C@@H]3[C@@H](c4ccc(F)cc4F)OCC[C@@]31C2. The molecule has 3 fully saturated rings. The van der Waals surface area contributed by atoms with Gasteiger partial charge >= 0.3 is 0 Å². The molecule has 1 amide bonds. The second-order valence-electron chi connectivity index (χ2n) is 8.86. The Morgan fingerprint density at radius 3 is 2.81 bits per heavy atom. The van der Waals surface area contributed by atoms with Gasteiger partial charge in [0, 0.05) is 30.7 Å². The standard InChI is InChI=1S/C21H27F2NO2/c1-4-17(25)24-19-20(2,3)12-9-15-18(26-8-7-21(15,19)11-12)14-6-5-13(22)10-16(14)23/h5-6,10,12,15,18-19H,4,7-9,11H2,1-3H3,(H,24,25)/t12-,15-,18-,19+,21-/m1/s1. The predicted molar refractivity (Wildman–Crippen MR) is 94.3 cm³/mol. The van der Waals surface area contributed by atoms with Gasteiger partial charge in [0.05, 0.1) is 6.10 Å². The van der Waals surface area contributed by atoms with Gasteiger partial charge < -0.3 is 10.1 Å². The smallest absolute Gasteiger partial charge is 0.219 e. The molecule has 1 aromatic rings. The lowest BCUT2D eigenvalue weighted by atomic mass is 9.58. The van der Waals surface area contributed by atoms with Crippen LogP contribution in [0.3, 0.4) is 0 Å². The number of rotatable bonds is 3. The topological polar surface area (TPSA) is 38.3 Å². The molecule has 1 aliphatic heterocycles. The Kier molecular flexibility index (Phi) is 4.14. The maximum atomic E-state index is 14.5. The molecule has 1 heterocycles. The zero-order valence-corrected chi connectivity index (χ0v) is 15.6. The van der Waals surface area contributed by atoms with Gasteiger partial charge in [-0.25, -0.2) is 8.78 Å². The maximum Gasteiger partial charge on any atom is 0.219 e. The van der Waals surface area contributed by atoms with Gasteiger partial charge in [0.2, 0.25) is 5.91 Å². The van der Waals surface area contributed by atoms with Crippen molar-refractivity contribution in [2.45, 2.75) is 58.6 Å². The predicted octanol–water partition coefficient (Wildman–Crippen LogP) is 4.37. The van der Waals surface area contributed by atoms with Gasteiger partial charge in [-0.2, -0.15) is 0 Å². The summed E-state index contributed by atoms with van der Waals surface area (Å²) in [6.45, 7) is 6.89. The van der Waals surface area contributed by atoms with E-state index in [-0.39, 0.29) is 34.8 Å². The van der Waals surface area contributed by atoms with Crippen molar-refractivity contribution in [2.75, 3.05) is 6.61 Å². The Morgan fingerprint density at radius 2 is 2.12 bits per heavy atom. The largest absolute Gasteiger partial charge is 0.373 e. The van der Waals surface area contributed by atoms with Gasteiger partial charge in [-0.15, -0.1) is 0 Å². The quantitative estimate of drug-likeness (QED) is 0.866. The van der Waals surface area contributed by atoms with Crippen LogP contribution >= 0.6 is 0 Å². The molecule has 5 atom stereocenters. The molecule has 1 aromatic carbocycles. The van der Waals surface area contributed by atoms with E-state index >= 15 is 0 Å². The molecule has 0 aromatic heterocycles. The third-order valence-corrected chi connectivity index (χ3v) is 7.40. The highest BCUT2D eigenvalue weighted by Gasteiger charge is 2.68. The van der Waals surface area contributed by atoms with Gasteiger partial charge in [0.1, 0.15) is 11.6 Å². The highest BCUT2D eigenvalue weighted by molar-refractivity contribution is 5.76. The minimum atomic E-state index is -0.570. The molecular formula is C21H27F2NO2. The summed E-state index contributed by atoms with van der Waals surface area (Å²) in [5.41, 5.74) is 0.397. The molecule has 4 rings (SSSR count). The van der Waals surface area contributed by atoms with E-state index < -0.39 is 11.6 Å². The van der Waals surface area contributed by atoms with Crippen molar-refractivity contribution >= 4 is 5.91 Å². The summed E-state index contributed by atoms with van der Waals surface area (Å²) in [6.07, 6.45) is 2.98. The molecule has 26 heavy (non-hydrogen) atoms. The van der Waals surface area contributed by atoms with Crippen molar-refractivity contribution in [3.8, 4) is 0 Å². The Morgan fingerprint density at radius 1 is 1.35 bits per heavy atom. The van der Waals surface area contributed by atoms with Crippen LogP contribution in [0, 0.1) is 34.3 Å². The Bertz CT molecular complexity index is 735. The van der Waals surface area contributed by atoms with Gasteiger partial charge in [-0.1, -0.05) is 26.8 Å². The van der Waals surface area contributed by atoms with Crippen molar-refractivity contribution < 1.29 is 18.3 Å². The summed E-state index contributed by atoms with van der Waals surface area (Å²) in [5, 5.41) is 3.29. The van der Waals surface area contributed by atoms with Crippen molar-refractivity contribution in [2.24, 2.45) is 22.7 Å². The molecule has 1 N–H and O–H groups in total. The van der Waals surface area contributed by atoms with Crippen molar-refractivity contribution in [1.29, 1.82) is 0 Å². The van der Waals surface area contributed by atoms with Crippen LogP contribution in [0.5, 0.6) is 0 Å². The summed E-state index contributed by atoms with van der Waals surface area (Å²) >= 11 is 0. The third-order valence-electron chi connectivity index (χ3n) is 7.40. The normalized spacial score (nSPS) is 37.4. The average Bonchev–Trinajstić information content (AvgIpc) is 3.08. The van der Waals surface area contributed by atoms with Crippen LogP contribution in [0.25, 0.3) is 0 Å². The molecule has 1 saturated heterocycles. The fourth-order valence-corrected chi connectivity index (χ4v) is 6.09. The lowest BCUT2D eigenvalue weighted by Crippen LogP contribution is -2.58. The van der Waals surface area contributed by atoms with E-state index in [2.05, 4.69) is 19.2 Å². The summed E-state index contributed by atoms with van der Waals surface area (Å²) in [7, 11) is 0.